The lowest BCUT2D eigenvalue weighted by atomic mass is 9.68. The Bertz CT molecular complexity index is 1350. The molecule has 4 aliphatic rings. The Labute approximate surface area is 218 Å². The molecule has 37 heavy (non-hydrogen) atoms. The van der Waals surface area contributed by atoms with Crippen LogP contribution in [0.4, 0.5) is 11.4 Å². The summed E-state index contributed by atoms with van der Waals surface area (Å²) in [5.74, 6) is 2.32. The number of benzene rings is 3. The Morgan fingerprint density at radius 3 is 2.46 bits per heavy atom. The van der Waals surface area contributed by atoms with E-state index in [1.54, 1.807) is 0 Å². The van der Waals surface area contributed by atoms with E-state index in [0.29, 0.717) is 40.6 Å². The highest BCUT2D eigenvalue weighted by Gasteiger charge is 2.53. The van der Waals surface area contributed by atoms with Crippen LogP contribution in [0.25, 0.3) is 0 Å². The molecule has 1 saturated heterocycles. The number of carbonyl (C=O) groups is 2. The molecule has 5 heteroatoms. The molecule has 2 heterocycles. The Morgan fingerprint density at radius 1 is 0.865 bits per heavy atom. The van der Waals surface area contributed by atoms with Crippen LogP contribution in [0.1, 0.15) is 75.9 Å². The number of anilines is 2. The quantitative estimate of drug-likeness (QED) is 0.440. The second-order valence-corrected chi connectivity index (χ2v) is 11.3. The monoisotopic (exact) mass is 491 g/mol. The number of para-hydroxylation sites is 1. The van der Waals surface area contributed by atoms with Crippen molar-refractivity contribution in [1.29, 1.82) is 0 Å². The second-order valence-electron chi connectivity index (χ2n) is 11.3. The van der Waals surface area contributed by atoms with Gasteiger partial charge in [0, 0.05) is 24.3 Å². The maximum absolute atomic E-state index is 13.5. The van der Waals surface area contributed by atoms with Gasteiger partial charge in [-0.25, -0.2) is 0 Å². The molecule has 188 valence electrons. The van der Waals surface area contributed by atoms with Crippen LogP contribution in [0.3, 0.4) is 0 Å². The first-order chi connectivity index (χ1) is 18.2. The molecule has 0 spiro atoms. The van der Waals surface area contributed by atoms with E-state index < -0.39 is 0 Å². The Hall–Kier alpha value is -3.60. The molecule has 3 aromatic rings. The minimum absolute atomic E-state index is 0.000169. The highest BCUT2D eigenvalue weighted by Crippen LogP contribution is 2.63. The van der Waals surface area contributed by atoms with Crippen LogP contribution in [0.15, 0.2) is 72.8 Å². The normalized spacial score (nSPS) is 27.4. The van der Waals surface area contributed by atoms with Gasteiger partial charge < -0.3 is 15.5 Å². The zero-order valence-electron chi connectivity index (χ0n) is 21.0. The minimum Gasteiger partial charge on any atom is -0.378 e. The highest BCUT2D eigenvalue weighted by atomic mass is 16.2. The van der Waals surface area contributed by atoms with Crippen LogP contribution in [0.5, 0.6) is 0 Å². The van der Waals surface area contributed by atoms with E-state index in [1.165, 1.54) is 30.4 Å². The number of amides is 2. The van der Waals surface area contributed by atoms with E-state index in [-0.39, 0.29) is 11.8 Å². The molecule has 0 aromatic heterocycles. The second kappa shape index (κ2) is 9.05. The first-order valence-electron chi connectivity index (χ1n) is 13.8. The number of carbonyl (C=O) groups excluding carboxylic acids is 2. The highest BCUT2D eigenvalue weighted by molar-refractivity contribution is 6.09. The van der Waals surface area contributed by atoms with Crippen LogP contribution >= 0.6 is 0 Å². The van der Waals surface area contributed by atoms with Gasteiger partial charge in [0.2, 0.25) is 0 Å². The average Bonchev–Trinajstić information content (AvgIpc) is 3.72. The minimum atomic E-state index is -0.158. The van der Waals surface area contributed by atoms with Gasteiger partial charge in [-0.3, -0.25) is 9.59 Å². The third-order valence-electron chi connectivity index (χ3n) is 9.31. The van der Waals surface area contributed by atoms with Crippen molar-refractivity contribution in [2.45, 2.75) is 44.1 Å². The summed E-state index contributed by atoms with van der Waals surface area (Å²) in [6.07, 6.45) is 5.97. The summed E-state index contributed by atoms with van der Waals surface area (Å²) < 4.78 is 0. The molecule has 5 nitrogen and oxygen atoms in total. The summed E-state index contributed by atoms with van der Waals surface area (Å²) in [7, 11) is 0. The van der Waals surface area contributed by atoms with Gasteiger partial charge in [-0.05, 0) is 97.2 Å². The first kappa shape index (κ1) is 22.6. The standard InChI is InChI=1S/C32H33N3O2/c36-31(34-26-11-5-4-10-24(26)32(37)35-16-6-7-17-35)23-14-15-27-25(19-23)28-21-12-13-22(18-21)29(28)30(33-27)20-8-2-1-3-9-20/h1-5,8-11,14-15,19,21-22,28-30,33H,6-7,12-13,16-18H2,(H,34,36)/t21-,22-,28-,29+,30+/m0/s1. The molecule has 2 aliphatic carbocycles. The van der Waals surface area contributed by atoms with Gasteiger partial charge in [0.15, 0.2) is 0 Å². The van der Waals surface area contributed by atoms with Gasteiger partial charge in [0.25, 0.3) is 11.8 Å². The summed E-state index contributed by atoms with van der Waals surface area (Å²) in [6, 6.07) is 24.7. The Kier molecular flexibility index (Phi) is 5.53. The van der Waals surface area contributed by atoms with Gasteiger partial charge in [-0.15, -0.1) is 0 Å². The maximum atomic E-state index is 13.5. The van der Waals surface area contributed by atoms with Crippen molar-refractivity contribution in [3.63, 3.8) is 0 Å². The van der Waals surface area contributed by atoms with Crippen molar-refractivity contribution < 1.29 is 9.59 Å². The molecule has 2 amide bonds. The number of hydrogen-bond acceptors (Lipinski definition) is 3. The third-order valence-corrected chi connectivity index (χ3v) is 9.31. The number of fused-ring (bicyclic) bond motifs is 7. The van der Waals surface area contributed by atoms with E-state index in [4.69, 9.17) is 0 Å². The topological polar surface area (TPSA) is 61.4 Å². The summed E-state index contributed by atoms with van der Waals surface area (Å²) >= 11 is 0. The zero-order valence-corrected chi connectivity index (χ0v) is 21.0. The van der Waals surface area contributed by atoms with Crippen LogP contribution in [-0.2, 0) is 0 Å². The molecule has 0 unspecified atom stereocenters. The van der Waals surface area contributed by atoms with Crippen molar-refractivity contribution in [2.24, 2.45) is 17.8 Å². The molecular formula is C32H33N3O2. The van der Waals surface area contributed by atoms with Crippen LogP contribution < -0.4 is 10.6 Å². The van der Waals surface area contributed by atoms with Crippen molar-refractivity contribution in [1.82, 2.24) is 4.90 Å². The van der Waals surface area contributed by atoms with E-state index in [0.717, 1.165) is 37.5 Å². The molecule has 3 fully saturated rings. The van der Waals surface area contributed by atoms with Gasteiger partial charge in [-0.2, -0.15) is 0 Å². The summed E-state index contributed by atoms with van der Waals surface area (Å²) in [4.78, 5) is 28.4. The molecule has 2 aliphatic heterocycles. The summed E-state index contributed by atoms with van der Waals surface area (Å²) in [6.45, 7) is 1.57. The fourth-order valence-electron chi connectivity index (χ4n) is 7.68. The molecule has 7 rings (SSSR count). The van der Waals surface area contributed by atoms with Crippen LogP contribution in [0, 0.1) is 17.8 Å². The van der Waals surface area contributed by atoms with Crippen molar-refractivity contribution in [2.75, 3.05) is 23.7 Å². The SMILES string of the molecule is O=C(Nc1ccccc1C(=O)N1CCCC1)c1ccc2c(c1)[C@@H]1[C@H]3CC[C@@H](C3)[C@H]1[C@@H](c1ccccc1)N2. The lowest BCUT2D eigenvalue weighted by Crippen LogP contribution is -2.35. The first-order valence-corrected chi connectivity index (χ1v) is 13.8. The predicted octanol–water partition coefficient (Wildman–Crippen LogP) is 6.47. The number of rotatable bonds is 4. The van der Waals surface area contributed by atoms with Crippen LogP contribution in [-0.4, -0.2) is 29.8 Å². The van der Waals surface area contributed by atoms with E-state index in [9.17, 15) is 9.59 Å². The lowest BCUT2D eigenvalue weighted by molar-refractivity contribution is 0.0794. The number of hydrogen-bond donors (Lipinski definition) is 2. The predicted molar refractivity (Wildman–Crippen MR) is 146 cm³/mol. The zero-order chi connectivity index (χ0) is 24.9. The molecule has 2 N–H and O–H groups in total. The smallest absolute Gasteiger partial charge is 0.255 e. The molecule has 5 atom stereocenters. The fourth-order valence-corrected chi connectivity index (χ4v) is 7.68. The molecular weight excluding hydrogens is 458 g/mol. The third kappa shape index (κ3) is 3.83. The number of likely N-dealkylation sites (tertiary alicyclic amines) is 1. The fraction of sp³-hybridized carbons (Fsp3) is 0.375. The van der Waals surface area contributed by atoms with Gasteiger partial charge >= 0.3 is 0 Å². The van der Waals surface area contributed by atoms with Crippen LogP contribution in [0.2, 0.25) is 0 Å². The number of nitrogens with zero attached hydrogens (tertiary/aromatic N) is 1. The summed E-state index contributed by atoms with van der Waals surface area (Å²) in [5, 5.41) is 6.92. The number of nitrogens with one attached hydrogen (secondary N) is 2. The molecule has 2 bridgehead atoms. The van der Waals surface area contributed by atoms with E-state index in [2.05, 4.69) is 53.1 Å². The van der Waals surface area contributed by atoms with E-state index in [1.807, 2.05) is 35.2 Å². The van der Waals surface area contributed by atoms with Gasteiger partial charge in [0.05, 0.1) is 17.3 Å². The molecule has 3 aromatic carbocycles. The largest absolute Gasteiger partial charge is 0.378 e. The summed E-state index contributed by atoms with van der Waals surface area (Å²) in [5.41, 5.74) is 5.61. The van der Waals surface area contributed by atoms with Gasteiger partial charge in [0.1, 0.15) is 0 Å². The maximum Gasteiger partial charge on any atom is 0.255 e. The molecule has 2 saturated carbocycles. The van der Waals surface area contributed by atoms with Crippen molar-refractivity contribution >= 4 is 23.2 Å². The Morgan fingerprint density at radius 2 is 1.62 bits per heavy atom. The lowest BCUT2D eigenvalue weighted by Gasteiger charge is -2.43. The average molecular weight is 492 g/mol. The van der Waals surface area contributed by atoms with Crippen molar-refractivity contribution in [3.05, 3.63) is 95.1 Å². The Balaban J connectivity index is 1.19. The van der Waals surface area contributed by atoms with Crippen molar-refractivity contribution in [3.8, 4) is 0 Å². The van der Waals surface area contributed by atoms with E-state index >= 15 is 0 Å². The van der Waals surface area contributed by atoms with Gasteiger partial charge in [-0.1, -0.05) is 42.5 Å². The molecule has 0 radical (unpaired) electrons.